The normalized spacial score (nSPS) is 16.6. The van der Waals surface area contributed by atoms with Gasteiger partial charge in [-0.15, -0.1) is 24.0 Å². The van der Waals surface area contributed by atoms with Crippen LogP contribution in [0.4, 0.5) is 13.2 Å². The highest BCUT2D eigenvalue weighted by Crippen LogP contribution is 2.34. The van der Waals surface area contributed by atoms with E-state index in [2.05, 4.69) is 20.2 Å². The van der Waals surface area contributed by atoms with Gasteiger partial charge < -0.3 is 19.7 Å². The molecule has 32 heavy (non-hydrogen) atoms. The fraction of sp³-hybridized carbons (Fsp3) is 0.455. The van der Waals surface area contributed by atoms with E-state index in [1.165, 1.54) is 12.3 Å². The molecule has 6 nitrogen and oxygen atoms in total. The maximum Gasteiger partial charge on any atom is 0.421 e. The van der Waals surface area contributed by atoms with Crippen LogP contribution in [-0.4, -0.2) is 55.7 Å². The van der Waals surface area contributed by atoms with Crippen molar-refractivity contribution in [2.24, 2.45) is 10.9 Å². The topological polar surface area (TPSA) is 59.0 Å². The summed E-state index contributed by atoms with van der Waals surface area (Å²) in [6.07, 6.45) is -2.23. The fourth-order valence-corrected chi connectivity index (χ4v) is 3.44. The average Bonchev–Trinajstić information content (AvgIpc) is 3.23. The summed E-state index contributed by atoms with van der Waals surface area (Å²) in [6.45, 7) is 3.27. The molecule has 3 rings (SSSR count). The summed E-state index contributed by atoms with van der Waals surface area (Å²) in [4.78, 5) is 10.1. The Morgan fingerprint density at radius 3 is 2.72 bits per heavy atom. The van der Waals surface area contributed by atoms with E-state index in [-0.39, 0.29) is 30.6 Å². The summed E-state index contributed by atoms with van der Waals surface area (Å²) >= 11 is 0. The summed E-state index contributed by atoms with van der Waals surface area (Å²) in [6, 6.07) is 12.2. The second kappa shape index (κ2) is 12.8. The number of ether oxygens (including phenoxy) is 2. The molecular formula is C22H28F3IN4O2. The zero-order valence-electron chi connectivity index (χ0n) is 17.8. The number of aromatic nitrogens is 1. The molecule has 0 spiro atoms. The third kappa shape index (κ3) is 7.80. The van der Waals surface area contributed by atoms with E-state index >= 15 is 0 Å². The summed E-state index contributed by atoms with van der Waals surface area (Å²) < 4.78 is 50.1. The Hall–Kier alpha value is -2.08. The zero-order chi connectivity index (χ0) is 22.1. The Morgan fingerprint density at radius 1 is 1.22 bits per heavy atom. The SMILES string of the molecule is CN=C(NCCOc1ncccc1C(F)(F)F)N1CCC(COCc2ccccc2)C1.I. The number of alkyl halides is 3. The Kier molecular flexibility index (Phi) is 10.5. The van der Waals surface area contributed by atoms with Gasteiger partial charge in [0, 0.05) is 32.3 Å². The Morgan fingerprint density at radius 2 is 2.00 bits per heavy atom. The molecule has 0 saturated carbocycles. The number of guanidine groups is 1. The first-order valence-electron chi connectivity index (χ1n) is 10.2. The lowest BCUT2D eigenvalue weighted by Gasteiger charge is -2.22. The molecule has 0 radical (unpaired) electrons. The van der Waals surface area contributed by atoms with Crippen molar-refractivity contribution in [2.45, 2.75) is 19.2 Å². The molecule has 0 aliphatic carbocycles. The van der Waals surface area contributed by atoms with Crippen LogP contribution in [0.15, 0.2) is 53.7 Å². The predicted octanol–water partition coefficient (Wildman–Crippen LogP) is 4.21. The molecule has 176 valence electrons. The molecule has 1 atom stereocenters. The van der Waals surface area contributed by atoms with E-state index in [0.717, 1.165) is 31.1 Å². The number of likely N-dealkylation sites (tertiary alicyclic amines) is 1. The van der Waals surface area contributed by atoms with Crippen molar-refractivity contribution in [1.29, 1.82) is 0 Å². The van der Waals surface area contributed by atoms with Crippen molar-refractivity contribution >= 4 is 29.9 Å². The molecule has 1 aliphatic rings. The quantitative estimate of drug-likeness (QED) is 0.226. The van der Waals surface area contributed by atoms with Crippen LogP contribution in [0, 0.1) is 5.92 Å². The smallest absolute Gasteiger partial charge is 0.421 e. The van der Waals surface area contributed by atoms with E-state index in [1.54, 1.807) is 7.05 Å². The molecule has 2 heterocycles. The van der Waals surface area contributed by atoms with Crippen LogP contribution >= 0.6 is 24.0 Å². The maximum absolute atomic E-state index is 13.0. The third-order valence-corrected chi connectivity index (χ3v) is 4.96. The first-order chi connectivity index (χ1) is 15.0. The Labute approximate surface area is 203 Å². The molecular weight excluding hydrogens is 536 g/mol. The van der Waals surface area contributed by atoms with Crippen LogP contribution in [0.2, 0.25) is 0 Å². The number of pyridine rings is 1. The molecule has 1 aromatic carbocycles. The molecule has 1 aromatic heterocycles. The van der Waals surface area contributed by atoms with Gasteiger partial charge in [0.2, 0.25) is 5.88 Å². The first-order valence-corrected chi connectivity index (χ1v) is 10.2. The second-order valence-corrected chi connectivity index (χ2v) is 7.28. The number of halogens is 4. The van der Waals surface area contributed by atoms with Gasteiger partial charge in [0.25, 0.3) is 0 Å². The number of hydrogen-bond acceptors (Lipinski definition) is 4. The average molecular weight is 564 g/mol. The van der Waals surface area contributed by atoms with Gasteiger partial charge in [0.15, 0.2) is 5.96 Å². The van der Waals surface area contributed by atoms with Crippen LogP contribution in [-0.2, 0) is 17.5 Å². The number of nitrogens with zero attached hydrogens (tertiary/aromatic N) is 3. The summed E-state index contributed by atoms with van der Waals surface area (Å²) in [7, 11) is 1.68. The van der Waals surface area contributed by atoms with Gasteiger partial charge in [0.05, 0.1) is 19.8 Å². The largest absolute Gasteiger partial charge is 0.475 e. The van der Waals surface area contributed by atoms with Crippen molar-refractivity contribution in [1.82, 2.24) is 15.2 Å². The lowest BCUT2D eigenvalue weighted by molar-refractivity contribution is -0.139. The number of rotatable bonds is 8. The summed E-state index contributed by atoms with van der Waals surface area (Å²) in [5, 5.41) is 3.14. The number of hydrogen-bond donors (Lipinski definition) is 1. The molecule has 1 fully saturated rings. The van der Waals surface area contributed by atoms with Crippen LogP contribution in [0.3, 0.4) is 0 Å². The molecule has 0 bridgehead atoms. The van der Waals surface area contributed by atoms with Gasteiger partial charge in [-0.3, -0.25) is 4.99 Å². The van der Waals surface area contributed by atoms with E-state index < -0.39 is 17.6 Å². The number of benzene rings is 1. The predicted molar refractivity (Wildman–Crippen MR) is 127 cm³/mol. The van der Waals surface area contributed by atoms with E-state index in [4.69, 9.17) is 9.47 Å². The lowest BCUT2D eigenvalue weighted by atomic mass is 10.1. The van der Waals surface area contributed by atoms with E-state index in [1.807, 2.05) is 30.3 Å². The van der Waals surface area contributed by atoms with Crippen LogP contribution in [0.25, 0.3) is 0 Å². The van der Waals surface area contributed by atoms with Gasteiger partial charge >= 0.3 is 6.18 Å². The van der Waals surface area contributed by atoms with Crippen LogP contribution in [0.1, 0.15) is 17.5 Å². The minimum absolute atomic E-state index is 0. The monoisotopic (exact) mass is 564 g/mol. The molecule has 1 saturated heterocycles. The van der Waals surface area contributed by atoms with Crippen LogP contribution in [0.5, 0.6) is 5.88 Å². The Balaban J connectivity index is 0.00000363. The lowest BCUT2D eigenvalue weighted by Crippen LogP contribution is -2.41. The summed E-state index contributed by atoms with van der Waals surface area (Å²) in [5.41, 5.74) is 0.272. The first kappa shape index (κ1) is 26.2. The van der Waals surface area contributed by atoms with Gasteiger partial charge in [-0.05, 0) is 24.1 Å². The Bertz CT molecular complexity index is 853. The maximum atomic E-state index is 13.0. The minimum atomic E-state index is -4.50. The van der Waals surface area contributed by atoms with Gasteiger partial charge in [-0.1, -0.05) is 30.3 Å². The highest BCUT2D eigenvalue weighted by atomic mass is 127. The minimum Gasteiger partial charge on any atom is -0.475 e. The zero-order valence-corrected chi connectivity index (χ0v) is 20.2. The van der Waals surface area contributed by atoms with Gasteiger partial charge in [0.1, 0.15) is 12.2 Å². The van der Waals surface area contributed by atoms with Crippen molar-refractivity contribution in [3.63, 3.8) is 0 Å². The molecule has 1 N–H and O–H groups in total. The van der Waals surface area contributed by atoms with E-state index in [9.17, 15) is 13.2 Å². The molecule has 10 heteroatoms. The molecule has 0 amide bonds. The van der Waals surface area contributed by atoms with Gasteiger partial charge in [-0.2, -0.15) is 13.2 Å². The molecule has 1 unspecified atom stereocenters. The second-order valence-electron chi connectivity index (χ2n) is 7.28. The molecule has 1 aliphatic heterocycles. The third-order valence-electron chi connectivity index (χ3n) is 4.96. The fourth-order valence-electron chi connectivity index (χ4n) is 3.44. The van der Waals surface area contributed by atoms with Crippen molar-refractivity contribution in [2.75, 3.05) is 39.9 Å². The standard InChI is InChI=1S/C22H27F3N4O2.HI/c1-26-21(28-11-13-31-20-19(22(23,24)25)8-5-10-27-20)29-12-9-18(14-29)16-30-15-17-6-3-2-4-7-17;/h2-8,10,18H,9,11-16H2,1H3,(H,26,28);1H. The number of nitrogens with one attached hydrogen (secondary N) is 1. The highest BCUT2D eigenvalue weighted by Gasteiger charge is 2.35. The number of aliphatic imine (C=N–C) groups is 1. The van der Waals surface area contributed by atoms with Crippen LogP contribution < -0.4 is 10.1 Å². The summed E-state index contributed by atoms with van der Waals surface area (Å²) in [5.74, 6) is 0.691. The van der Waals surface area contributed by atoms with Crippen molar-refractivity contribution < 1.29 is 22.6 Å². The van der Waals surface area contributed by atoms with Crippen molar-refractivity contribution in [3.8, 4) is 5.88 Å². The highest BCUT2D eigenvalue weighted by molar-refractivity contribution is 14.0. The van der Waals surface area contributed by atoms with E-state index in [0.29, 0.717) is 31.6 Å². The van der Waals surface area contributed by atoms with Gasteiger partial charge in [-0.25, -0.2) is 4.98 Å². The van der Waals surface area contributed by atoms with Crippen molar-refractivity contribution in [3.05, 3.63) is 59.8 Å². The molecule has 2 aromatic rings.